The van der Waals surface area contributed by atoms with Crippen LogP contribution < -0.4 is 9.62 Å². The molecule has 0 spiro atoms. The molecule has 0 aliphatic carbocycles. The predicted octanol–water partition coefficient (Wildman–Crippen LogP) is 4.65. The van der Waals surface area contributed by atoms with Crippen LogP contribution in [0.25, 0.3) is 5.69 Å². The monoisotopic (exact) mass is 508 g/mol. The van der Waals surface area contributed by atoms with E-state index in [1.54, 1.807) is 49.5 Å². The Morgan fingerprint density at radius 3 is 2.46 bits per heavy atom. The molecule has 0 bridgehead atoms. The summed E-state index contributed by atoms with van der Waals surface area (Å²) in [5.41, 5.74) is 2.80. The van der Waals surface area contributed by atoms with Gasteiger partial charge in [-0.1, -0.05) is 54.1 Å². The van der Waals surface area contributed by atoms with Crippen LogP contribution in [0.3, 0.4) is 0 Å². The van der Waals surface area contributed by atoms with Gasteiger partial charge in [-0.05, 0) is 55.3 Å². The molecule has 0 aliphatic rings. The van der Waals surface area contributed by atoms with Gasteiger partial charge in [0.2, 0.25) is 5.91 Å². The fourth-order valence-corrected chi connectivity index (χ4v) is 5.44. The summed E-state index contributed by atoms with van der Waals surface area (Å²) in [4.78, 5) is 17.4. The normalized spacial score (nSPS) is 11.3. The highest BCUT2D eigenvalue weighted by molar-refractivity contribution is 7.92. The molecule has 4 rings (SSSR count). The standard InChI is InChI=1S/C26H25ClN4O3S/c1-19-12-13-22(27)16-25(19)31(35(33,34)23-9-4-3-5-10-23)18-26(32)29-17-21-8-6-7-11-24(21)30-15-14-28-20(30)2/h3-16H,17-18H2,1-2H3,(H,29,32). The number of carbonyl (C=O) groups is 1. The molecule has 0 saturated heterocycles. The van der Waals surface area contributed by atoms with Gasteiger partial charge in [0.15, 0.2) is 0 Å². The van der Waals surface area contributed by atoms with Gasteiger partial charge in [-0.15, -0.1) is 0 Å². The highest BCUT2D eigenvalue weighted by atomic mass is 35.5. The third-order valence-electron chi connectivity index (χ3n) is 5.61. The molecule has 9 heteroatoms. The minimum Gasteiger partial charge on any atom is -0.350 e. The van der Waals surface area contributed by atoms with Crippen molar-refractivity contribution in [2.45, 2.75) is 25.3 Å². The van der Waals surface area contributed by atoms with E-state index in [2.05, 4.69) is 10.3 Å². The number of imidazole rings is 1. The highest BCUT2D eigenvalue weighted by Crippen LogP contribution is 2.29. The summed E-state index contributed by atoms with van der Waals surface area (Å²) in [6, 6.07) is 20.7. The zero-order chi connectivity index (χ0) is 25.0. The molecule has 7 nitrogen and oxygen atoms in total. The summed E-state index contributed by atoms with van der Waals surface area (Å²) < 4.78 is 30.1. The van der Waals surface area contributed by atoms with Crippen LogP contribution in [0.4, 0.5) is 5.69 Å². The second kappa shape index (κ2) is 10.3. The van der Waals surface area contributed by atoms with Crippen molar-refractivity contribution in [3.63, 3.8) is 0 Å². The molecule has 35 heavy (non-hydrogen) atoms. The van der Waals surface area contributed by atoms with Crippen LogP contribution in [0, 0.1) is 13.8 Å². The first-order chi connectivity index (χ1) is 16.8. The van der Waals surface area contributed by atoms with E-state index >= 15 is 0 Å². The smallest absolute Gasteiger partial charge is 0.264 e. The maximum Gasteiger partial charge on any atom is 0.264 e. The number of hydrogen-bond donors (Lipinski definition) is 1. The average molecular weight is 509 g/mol. The minimum atomic E-state index is -4.02. The molecule has 180 valence electrons. The van der Waals surface area contributed by atoms with Gasteiger partial charge >= 0.3 is 0 Å². The first-order valence-corrected chi connectivity index (χ1v) is 12.8. The highest BCUT2D eigenvalue weighted by Gasteiger charge is 2.28. The molecule has 1 N–H and O–H groups in total. The van der Waals surface area contributed by atoms with Gasteiger partial charge in [-0.2, -0.15) is 0 Å². The summed E-state index contributed by atoms with van der Waals surface area (Å²) in [7, 11) is -4.02. The van der Waals surface area contributed by atoms with Gasteiger partial charge < -0.3 is 9.88 Å². The second-order valence-corrected chi connectivity index (χ2v) is 10.3. The van der Waals surface area contributed by atoms with Gasteiger partial charge in [0, 0.05) is 24.0 Å². The lowest BCUT2D eigenvalue weighted by molar-refractivity contribution is -0.119. The van der Waals surface area contributed by atoms with E-state index in [1.165, 1.54) is 12.1 Å². The first kappa shape index (κ1) is 24.5. The van der Waals surface area contributed by atoms with Crippen LogP contribution in [-0.2, 0) is 21.4 Å². The van der Waals surface area contributed by atoms with E-state index in [0.717, 1.165) is 21.4 Å². The lowest BCUT2D eigenvalue weighted by atomic mass is 10.1. The third kappa shape index (κ3) is 5.39. The lowest BCUT2D eigenvalue weighted by Crippen LogP contribution is -2.41. The SMILES string of the molecule is Cc1ccc(Cl)cc1N(CC(=O)NCc1ccccc1-n1ccnc1C)S(=O)(=O)c1ccccc1. The van der Waals surface area contributed by atoms with Gasteiger partial charge in [-0.25, -0.2) is 13.4 Å². The van der Waals surface area contributed by atoms with E-state index < -0.39 is 22.5 Å². The van der Waals surface area contributed by atoms with Crippen LogP contribution in [0.15, 0.2) is 90.1 Å². The van der Waals surface area contributed by atoms with Crippen LogP contribution in [0.5, 0.6) is 0 Å². The third-order valence-corrected chi connectivity index (χ3v) is 7.62. The van der Waals surface area contributed by atoms with Crippen LogP contribution >= 0.6 is 11.6 Å². The molecule has 0 fully saturated rings. The molecular formula is C26H25ClN4O3S. The topological polar surface area (TPSA) is 84.3 Å². The average Bonchev–Trinajstić information content (AvgIpc) is 3.29. The number of nitrogens with zero attached hydrogens (tertiary/aromatic N) is 3. The Hall–Kier alpha value is -3.62. The summed E-state index contributed by atoms with van der Waals surface area (Å²) in [6.07, 6.45) is 3.57. The van der Waals surface area contributed by atoms with Crippen molar-refractivity contribution in [2.75, 3.05) is 10.8 Å². The molecule has 0 radical (unpaired) electrons. The molecule has 0 saturated carbocycles. The Morgan fingerprint density at radius 2 is 1.74 bits per heavy atom. The minimum absolute atomic E-state index is 0.0908. The summed E-state index contributed by atoms with van der Waals surface area (Å²) in [6.45, 7) is 3.50. The number of anilines is 1. The molecule has 0 unspecified atom stereocenters. The number of amides is 1. The number of para-hydroxylation sites is 1. The van der Waals surface area contributed by atoms with Crippen molar-refractivity contribution in [2.24, 2.45) is 0 Å². The maximum atomic E-state index is 13.5. The maximum absolute atomic E-state index is 13.5. The van der Waals surface area contributed by atoms with Crippen LogP contribution in [-0.4, -0.2) is 30.4 Å². The van der Waals surface area contributed by atoms with E-state index in [-0.39, 0.29) is 11.4 Å². The van der Waals surface area contributed by atoms with Crippen molar-refractivity contribution in [1.82, 2.24) is 14.9 Å². The Labute approximate surface area is 210 Å². The van der Waals surface area contributed by atoms with E-state index in [0.29, 0.717) is 16.3 Å². The lowest BCUT2D eigenvalue weighted by Gasteiger charge is -2.26. The first-order valence-electron chi connectivity index (χ1n) is 11.0. The molecule has 1 aromatic heterocycles. The van der Waals surface area contributed by atoms with Gasteiger partial charge in [-0.3, -0.25) is 9.10 Å². The van der Waals surface area contributed by atoms with Crippen molar-refractivity contribution in [1.29, 1.82) is 0 Å². The quantitative estimate of drug-likeness (QED) is 0.375. The van der Waals surface area contributed by atoms with Gasteiger partial charge in [0.05, 0.1) is 16.3 Å². The molecule has 0 atom stereocenters. The van der Waals surface area contributed by atoms with E-state index in [9.17, 15) is 13.2 Å². The number of aromatic nitrogens is 2. The number of halogens is 1. The van der Waals surface area contributed by atoms with Crippen molar-refractivity contribution in [3.05, 3.63) is 107 Å². The molecular weight excluding hydrogens is 484 g/mol. The summed E-state index contributed by atoms with van der Waals surface area (Å²) in [5.74, 6) is 0.376. The van der Waals surface area contributed by atoms with Crippen molar-refractivity contribution < 1.29 is 13.2 Å². The predicted molar refractivity (Wildman–Crippen MR) is 137 cm³/mol. The van der Waals surface area contributed by atoms with Crippen molar-refractivity contribution in [3.8, 4) is 5.69 Å². The number of aryl methyl sites for hydroxylation is 2. The van der Waals surface area contributed by atoms with E-state index in [1.807, 2.05) is 42.0 Å². The molecule has 3 aromatic carbocycles. The van der Waals surface area contributed by atoms with Crippen LogP contribution in [0.1, 0.15) is 17.0 Å². The molecule has 1 amide bonds. The number of carbonyl (C=O) groups excluding carboxylic acids is 1. The number of sulfonamides is 1. The number of hydrogen-bond acceptors (Lipinski definition) is 4. The van der Waals surface area contributed by atoms with E-state index in [4.69, 9.17) is 11.6 Å². The number of rotatable bonds is 8. The Kier molecular flexibility index (Phi) is 7.23. The Balaban J connectivity index is 1.61. The molecule has 0 aliphatic heterocycles. The second-order valence-electron chi connectivity index (χ2n) is 8.01. The largest absolute Gasteiger partial charge is 0.350 e. The summed E-state index contributed by atoms with van der Waals surface area (Å²) in [5, 5.41) is 3.25. The van der Waals surface area contributed by atoms with Gasteiger partial charge in [0.1, 0.15) is 12.4 Å². The fourth-order valence-electron chi connectivity index (χ4n) is 3.78. The molecule has 1 heterocycles. The molecule has 4 aromatic rings. The van der Waals surface area contributed by atoms with Gasteiger partial charge in [0.25, 0.3) is 10.0 Å². The Morgan fingerprint density at radius 1 is 1.03 bits per heavy atom. The summed E-state index contributed by atoms with van der Waals surface area (Å²) >= 11 is 6.18. The van der Waals surface area contributed by atoms with Crippen LogP contribution in [0.2, 0.25) is 5.02 Å². The van der Waals surface area contributed by atoms with Crippen molar-refractivity contribution >= 4 is 33.2 Å². The fraction of sp³-hybridized carbons (Fsp3) is 0.154. The number of nitrogens with one attached hydrogen (secondary N) is 1. The zero-order valence-electron chi connectivity index (χ0n) is 19.3. The number of benzene rings is 3. The zero-order valence-corrected chi connectivity index (χ0v) is 20.9. The Bertz CT molecular complexity index is 1450.